The van der Waals surface area contributed by atoms with Gasteiger partial charge in [0, 0.05) is 30.1 Å². The minimum absolute atomic E-state index is 0.193. The van der Waals surface area contributed by atoms with Gasteiger partial charge in [-0.05, 0) is 106 Å². The molecule has 0 aliphatic heterocycles. The molecule has 0 fully saturated rings. The first-order chi connectivity index (χ1) is 23.3. The molecule has 0 aliphatic rings. The third kappa shape index (κ3) is 11.9. The van der Waals surface area contributed by atoms with E-state index in [-0.39, 0.29) is 5.92 Å². The Bertz CT molecular complexity index is 1530. The summed E-state index contributed by atoms with van der Waals surface area (Å²) in [6.45, 7) is 11.7. The molecule has 0 saturated carbocycles. The second-order valence-corrected chi connectivity index (χ2v) is 12.8. The van der Waals surface area contributed by atoms with Gasteiger partial charge in [-0.1, -0.05) is 91.0 Å². The first-order valence-corrected chi connectivity index (χ1v) is 17.3. The van der Waals surface area contributed by atoms with Crippen LogP contribution in [-0.2, 0) is 13.0 Å². The number of rotatable bonds is 19. The summed E-state index contributed by atoms with van der Waals surface area (Å²) in [4.78, 5) is 13.2. The molecule has 254 valence electrons. The fourth-order valence-corrected chi connectivity index (χ4v) is 6.06. The molecule has 0 unspecified atom stereocenters. The van der Waals surface area contributed by atoms with Gasteiger partial charge in [0.15, 0.2) is 0 Å². The van der Waals surface area contributed by atoms with E-state index in [0.29, 0.717) is 38.3 Å². The molecule has 6 heteroatoms. The zero-order valence-corrected chi connectivity index (χ0v) is 29.0. The van der Waals surface area contributed by atoms with E-state index in [4.69, 9.17) is 14.6 Å². The average Bonchev–Trinajstić information content (AvgIpc) is 3.08. The van der Waals surface area contributed by atoms with E-state index in [1.54, 1.807) is 0 Å². The molecule has 2 N–H and O–H groups in total. The lowest BCUT2D eigenvalue weighted by molar-refractivity contribution is 0.170. The lowest BCUT2D eigenvalue weighted by Gasteiger charge is -2.32. The lowest BCUT2D eigenvalue weighted by Crippen LogP contribution is -2.38. The standard InChI is InChI=1S/C42H52N2O4/c1-32(2)44(33(3)4)28-26-39(37-17-11-6-12-18-37)40-30-35(21-24-41(40)48-31-36-15-8-5-9-16-36)14-10-7-13-29-47-38-22-19-34(20-23-38)25-27-43-42(45)46/h5-6,8-12,14-24,30,32-33,39,43H,7,13,25-29,31H2,1-4H3,(H,45,46)/t39-/m1/s1. The van der Waals surface area contributed by atoms with Crippen LogP contribution in [0.5, 0.6) is 11.5 Å². The highest BCUT2D eigenvalue weighted by Crippen LogP contribution is 2.36. The number of carbonyl (C=O) groups is 1. The summed E-state index contributed by atoms with van der Waals surface area (Å²) >= 11 is 0. The van der Waals surface area contributed by atoms with Gasteiger partial charge in [-0.25, -0.2) is 4.79 Å². The van der Waals surface area contributed by atoms with E-state index in [9.17, 15) is 4.79 Å². The normalized spacial score (nSPS) is 12.1. The number of carboxylic acid groups (broad SMARTS) is 1. The van der Waals surface area contributed by atoms with E-state index in [2.05, 4.69) is 123 Å². The Morgan fingerprint density at radius 1 is 0.833 bits per heavy atom. The Balaban J connectivity index is 1.45. The van der Waals surface area contributed by atoms with Crippen LogP contribution in [0, 0.1) is 0 Å². The Hall–Kier alpha value is -4.55. The van der Waals surface area contributed by atoms with Crippen LogP contribution in [-0.4, -0.2) is 47.9 Å². The highest BCUT2D eigenvalue weighted by Gasteiger charge is 2.22. The summed E-state index contributed by atoms with van der Waals surface area (Å²) in [5, 5.41) is 11.1. The van der Waals surface area contributed by atoms with Crippen molar-refractivity contribution < 1.29 is 19.4 Å². The molecule has 6 nitrogen and oxygen atoms in total. The maximum Gasteiger partial charge on any atom is 0.404 e. The minimum Gasteiger partial charge on any atom is -0.494 e. The maximum absolute atomic E-state index is 10.6. The van der Waals surface area contributed by atoms with Crippen LogP contribution >= 0.6 is 0 Å². The van der Waals surface area contributed by atoms with Crippen LogP contribution in [0.15, 0.2) is 109 Å². The molecular formula is C42H52N2O4. The topological polar surface area (TPSA) is 71.0 Å². The van der Waals surface area contributed by atoms with Gasteiger partial charge in [-0.3, -0.25) is 4.90 Å². The minimum atomic E-state index is -0.999. The van der Waals surface area contributed by atoms with Gasteiger partial charge in [0.25, 0.3) is 0 Å². The zero-order chi connectivity index (χ0) is 34.1. The van der Waals surface area contributed by atoms with Crippen LogP contribution in [0.3, 0.4) is 0 Å². The van der Waals surface area contributed by atoms with E-state index >= 15 is 0 Å². The number of hydrogen-bond acceptors (Lipinski definition) is 4. The summed E-state index contributed by atoms with van der Waals surface area (Å²) in [5.74, 6) is 1.95. The van der Waals surface area contributed by atoms with E-state index in [1.807, 2.05) is 30.3 Å². The number of benzene rings is 4. The molecule has 0 saturated heterocycles. The molecule has 0 aliphatic carbocycles. The Labute approximate surface area is 287 Å². The molecule has 0 bridgehead atoms. The van der Waals surface area contributed by atoms with Crippen molar-refractivity contribution in [2.24, 2.45) is 0 Å². The number of nitrogens with zero attached hydrogens (tertiary/aromatic N) is 1. The number of ether oxygens (including phenoxy) is 2. The molecule has 4 rings (SSSR count). The van der Waals surface area contributed by atoms with E-state index < -0.39 is 6.09 Å². The van der Waals surface area contributed by atoms with Crippen molar-refractivity contribution in [1.29, 1.82) is 0 Å². The van der Waals surface area contributed by atoms with Crippen molar-refractivity contribution in [2.45, 2.75) is 78.0 Å². The van der Waals surface area contributed by atoms with Crippen molar-refractivity contribution in [3.05, 3.63) is 137 Å². The van der Waals surface area contributed by atoms with Gasteiger partial charge in [0.2, 0.25) is 0 Å². The monoisotopic (exact) mass is 648 g/mol. The van der Waals surface area contributed by atoms with Gasteiger partial charge >= 0.3 is 6.09 Å². The Morgan fingerprint density at radius 3 is 2.19 bits per heavy atom. The van der Waals surface area contributed by atoms with E-state index in [0.717, 1.165) is 54.0 Å². The van der Waals surface area contributed by atoms with Crippen molar-refractivity contribution in [3.63, 3.8) is 0 Å². The summed E-state index contributed by atoms with van der Waals surface area (Å²) in [5.41, 5.74) is 5.91. The Morgan fingerprint density at radius 2 is 1.52 bits per heavy atom. The molecule has 0 aromatic heterocycles. The van der Waals surface area contributed by atoms with E-state index in [1.165, 1.54) is 11.1 Å². The lowest BCUT2D eigenvalue weighted by atomic mass is 9.86. The van der Waals surface area contributed by atoms with Crippen LogP contribution in [0.4, 0.5) is 4.79 Å². The van der Waals surface area contributed by atoms with Gasteiger partial charge < -0.3 is 19.9 Å². The highest BCUT2D eigenvalue weighted by atomic mass is 16.5. The van der Waals surface area contributed by atoms with Crippen LogP contribution in [0.25, 0.3) is 6.08 Å². The van der Waals surface area contributed by atoms with Gasteiger partial charge in [-0.15, -0.1) is 0 Å². The quantitative estimate of drug-likeness (QED) is 0.0991. The Kier molecular flexibility index (Phi) is 14.6. The fraction of sp³-hybridized carbons (Fsp3) is 0.357. The predicted octanol–water partition coefficient (Wildman–Crippen LogP) is 9.59. The smallest absolute Gasteiger partial charge is 0.404 e. The first kappa shape index (κ1) is 36.3. The molecule has 0 radical (unpaired) electrons. The zero-order valence-electron chi connectivity index (χ0n) is 29.0. The molecule has 0 heterocycles. The van der Waals surface area contributed by atoms with Crippen LogP contribution < -0.4 is 14.8 Å². The number of hydrogen-bond donors (Lipinski definition) is 2. The second kappa shape index (κ2) is 19.3. The number of nitrogens with one attached hydrogen (secondary N) is 1. The highest BCUT2D eigenvalue weighted by molar-refractivity contribution is 5.64. The maximum atomic E-state index is 10.6. The number of unbranched alkanes of at least 4 members (excludes halogenated alkanes) is 1. The molecule has 4 aromatic carbocycles. The molecular weight excluding hydrogens is 596 g/mol. The fourth-order valence-electron chi connectivity index (χ4n) is 6.06. The van der Waals surface area contributed by atoms with Crippen molar-refractivity contribution in [2.75, 3.05) is 19.7 Å². The molecule has 1 amide bonds. The largest absolute Gasteiger partial charge is 0.494 e. The first-order valence-electron chi connectivity index (χ1n) is 17.3. The molecule has 4 aromatic rings. The van der Waals surface area contributed by atoms with Gasteiger partial charge in [-0.2, -0.15) is 0 Å². The van der Waals surface area contributed by atoms with Gasteiger partial charge in [0.1, 0.15) is 18.1 Å². The summed E-state index contributed by atoms with van der Waals surface area (Å²) in [6, 6.07) is 36.6. The third-order valence-electron chi connectivity index (χ3n) is 8.56. The summed E-state index contributed by atoms with van der Waals surface area (Å²) in [7, 11) is 0. The summed E-state index contributed by atoms with van der Waals surface area (Å²) < 4.78 is 12.5. The van der Waals surface area contributed by atoms with Gasteiger partial charge in [0.05, 0.1) is 6.61 Å². The molecule has 0 spiro atoms. The van der Waals surface area contributed by atoms with Crippen molar-refractivity contribution in [1.82, 2.24) is 10.2 Å². The SMILES string of the molecule is CC(C)N(CC[C@H](c1ccccc1)c1cc(C=CCCCOc2ccc(CCNC(=O)O)cc2)ccc1OCc1ccccc1)C(C)C. The summed E-state index contributed by atoms with van der Waals surface area (Å²) in [6.07, 6.45) is 6.88. The number of allylic oxidation sites excluding steroid dienone is 1. The van der Waals surface area contributed by atoms with Crippen molar-refractivity contribution >= 4 is 12.2 Å². The average molecular weight is 649 g/mol. The van der Waals surface area contributed by atoms with Crippen LogP contribution in [0.2, 0.25) is 0 Å². The molecule has 48 heavy (non-hydrogen) atoms. The number of amides is 1. The predicted molar refractivity (Wildman–Crippen MR) is 197 cm³/mol. The molecule has 1 atom stereocenters. The van der Waals surface area contributed by atoms with Crippen molar-refractivity contribution in [3.8, 4) is 11.5 Å². The second-order valence-electron chi connectivity index (χ2n) is 12.8. The third-order valence-corrected chi connectivity index (χ3v) is 8.56. The van der Waals surface area contributed by atoms with Crippen LogP contribution in [0.1, 0.15) is 80.7 Å².